The number of hydrogen-bond acceptors (Lipinski definition) is 5. The van der Waals surface area contributed by atoms with Gasteiger partial charge in [0.2, 0.25) is 0 Å². The topological polar surface area (TPSA) is 40.2 Å². The van der Waals surface area contributed by atoms with Crippen LogP contribution in [0.2, 0.25) is 0 Å². The van der Waals surface area contributed by atoms with Gasteiger partial charge in [0, 0.05) is 19.6 Å². The van der Waals surface area contributed by atoms with E-state index in [1.807, 2.05) is 6.08 Å². The lowest BCUT2D eigenvalue weighted by atomic mass is 10.3. The fourth-order valence-corrected chi connectivity index (χ4v) is 1.93. The summed E-state index contributed by atoms with van der Waals surface area (Å²) in [4.78, 5) is 2.36. The van der Waals surface area contributed by atoms with Gasteiger partial charge in [0.15, 0.2) is 0 Å². The van der Waals surface area contributed by atoms with E-state index in [1.54, 1.807) is 7.11 Å². The molecule has 0 spiro atoms. The summed E-state index contributed by atoms with van der Waals surface area (Å²) in [6, 6.07) is 0. The molecule has 5 nitrogen and oxygen atoms in total. The molecule has 2 rings (SSSR count). The van der Waals surface area contributed by atoms with E-state index in [-0.39, 0.29) is 6.10 Å². The molecule has 0 aromatic carbocycles. The van der Waals surface area contributed by atoms with Crippen molar-refractivity contribution in [2.45, 2.75) is 6.10 Å². The number of rotatable bonds is 6. The molecule has 2 aliphatic heterocycles. The lowest BCUT2D eigenvalue weighted by Crippen LogP contribution is -2.38. The van der Waals surface area contributed by atoms with Crippen molar-refractivity contribution in [3.63, 3.8) is 0 Å². The summed E-state index contributed by atoms with van der Waals surface area (Å²) in [6.07, 6.45) is 2.03. The Hall–Kier alpha value is -0.620. The zero-order chi connectivity index (χ0) is 11.9. The maximum absolute atomic E-state index is 5.61. The Morgan fingerprint density at radius 1 is 1.41 bits per heavy atom. The van der Waals surface area contributed by atoms with Gasteiger partial charge in [0.1, 0.15) is 18.5 Å². The molecule has 2 aliphatic rings. The van der Waals surface area contributed by atoms with Crippen LogP contribution < -0.4 is 0 Å². The zero-order valence-electron chi connectivity index (χ0n) is 10.4. The van der Waals surface area contributed by atoms with Crippen molar-refractivity contribution in [1.29, 1.82) is 0 Å². The minimum Gasteiger partial charge on any atom is -0.499 e. The highest BCUT2D eigenvalue weighted by Crippen LogP contribution is 2.12. The first-order chi connectivity index (χ1) is 8.38. The Morgan fingerprint density at radius 2 is 2.24 bits per heavy atom. The van der Waals surface area contributed by atoms with E-state index in [4.69, 9.17) is 18.9 Å². The molecule has 0 amide bonds. The quantitative estimate of drug-likeness (QED) is 0.626. The first-order valence-electron chi connectivity index (χ1n) is 6.12. The Kier molecular flexibility index (Phi) is 5.25. The van der Waals surface area contributed by atoms with Crippen LogP contribution in [0.5, 0.6) is 0 Å². The van der Waals surface area contributed by atoms with Crippen molar-refractivity contribution in [2.24, 2.45) is 0 Å². The lowest BCUT2D eigenvalue weighted by molar-refractivity contribution is -0.00196. The summed E-state index contributed by atoms with van der Waals surface area (Å²) >= 11 is 0. The molecule has 2 heterocycles. The highest BCUT2D eigenvalue weighted by Gasteiger charge is 2.17. The van der Waals surface area contributed by atoms with Gasteiger partial charge in [-0.2, -0.15) is 0 Å². The van der Waals surface area contributed by atoms with Gasteiger partial charge in [-0.15, -0.1) is 0 Å². The minimum atomic E-state index is 0.0506. The fraction of sp³-hybridized carbons (Fsp3) is 0.833. The maximum atomic E-state index is 5.61. The molecule has 1 fully saturated rings. The monoisotopic (exact) mass is 243 g/mol. The molecule has 1 atom stereocenters. The largest absolute Gasteiger partial charge is 0.499 e. The Morgan fingerprint density at radius 3 is 2.94 bits per heavy atom. The van der Waals surface area contributed by atoms with Crippen molar-refractivity contribution in [1.82, 2.24) is 4.90 Å². The van der Waals surface area contributed by atoms with E-state index in [2.05, 4.69) is 4.90 Å². The Bertz CT molecular complexity index is 251. The number of methoxy groups -OCH3 is 1. The first-order valence-corrected chi connectivity index (χ1v) is 6.12. The van der Waals surface area contributed by atoms with Crippen LogP contribution in [0.3, 0.4) is 0 Å². The van der Waals surface area contributed by atoms with E-state index in [1.165, 1.54) is 0 Å². The fourth-order valence-electron chi connectivity index (χ4n) is 1.93. The summed E-state index contributed by atoms with van der Waals surface area (Å²) in [5.41, 5.74) is 0. The smallest absolute Gasteiger partial charge is 0.120 e. The van der Waals surface area contributed by atoms with Gasteiger partial charge in [-0.3, -0.25) is 4.90 Å². The van der Waals surface area contributed by atoms with E-state index < -0.39 is 0 Å². The summed E-state index contributed by atoms with van der Waals surface area (Å²) in [7, 11) is 1.66. The van der Waals surface area contributed by atoms with Gasteiger partial charge in [0.05, 0.1) is 33.5 Å². The first kappa shape index (κ1) is 12.8. The highest BCUT2D eigenvalue weighted by molar-refractivity contribution is 5.04. The van der Waals surface area contributed by atoms with Crippen LogP contribution in [-0.2, 0) is 18.9 Å². The van der Waals surface area contributed by atoms with Gasteiger partial charge < -0.3 is 18.9 Å². The predicted molar refractivity (Wildman–Crippen MR) is 62.9 cm³/mol. The third-order valence-corrected chi connectivity index (χ3v) is 3.01. The van der Waals surface area contributed by atoms with E-state index >= 15 is 0 Å². The molecule has 0 aliphatic carbocycles. The SMILES string of the molecule is COC1=CC(COCCN2CCOCC2)OC1. The van der Waals surface area contributed by atoms with Crippen molar-refractivity contribution < 1.29 is 18.9 Å². The highest BCUT2D eigenvalue weighted by atomic mass is 16.6. The van der Waals surface area contributed by atoms with Crippen LogP contribution in [0.4, 0.5) is 0 Å². The van der Waals surface area contributed by atoms with Crippen LogP contribution >= 0.6 is 0 Å². The Labute approximate surface area is 102 Å². The number of nitrogens with zero attached hydrogens (tertiary/aromatic N) is 1. The van der Waals surface area contributed by atoms with Gasteiger partial charge >= 0.3 is 0 Å². The molecule has 0 aromatic heterocycles. The second kappa shape index (κ2) is 6.96. The van der Waals surface area contributed by atoms with Crippen LogP contribution in [-0.4, -0.2) is 70.8 Å². The average Bonchev–Trinajstić information content (AvgIpc) is 2.84. The second-order valence-electron chi connectivity index (χ2n) is 4.22. The summed E-state index contributed by atoms with van der Waals surface area (Å²) in [5, 5.41) is 0. The lowest BCUT2D eigenvalue weighted by Gasteiger charge is -2.26. The molecule has 1 unspecified atom stereocenters. The molecular weight excluding hydrogens is 222 g/mol. The molecule has 0 N–H and O–H groups in total. The number of ether oxygens (including phenoxy) is 4. The molecule has 0 radical (unpaired) electrons. The van der Waals surface area contributed by atoms with Gasteiger partial charge in [-0.25, -0.2) is 0 Å². The molecule has 5 heteroatoms. The third kappa shape index (κ3) is 4.27. The van der Waals surface area contributed by atoms with E-state index in [0.717, 1.165) is 45.2 Å². The minimum absolute atomic E-state index is 0.0506. The average molecular weight is 243 g/mol. The van der Waals surface area contributed by atoms with Crippen molar-refractivity contribution in [2.75, 3.05) is 59.8 Å². The van der Waals surface area contributed by atoms with Crippen LogP contribution in [0.25, 0.3) is 0 Å². The molecule has 17 heavy (non-hydrogen) atoms. The van der Waals surface area contributed by atoms with Gasteiger partial charge in [-0.05, 0) is 6.08 Å². The summed E-state index contributed by atoms with van der Waals surface area (Å²) in [5.74, 6) is 0.895. The summed E-state index contributed by atoms with van der Waals surface area (Å²) in [6.45, 7) is 6.59. The van der Waals surface area contributed by atoms with E-state index in [0.29, 0.717) is 13.2 Å². The molecular formula is C12H21NO4. The predicted octanol–water partition coefficient (Wildman–Crippen LogP) is 0.264. The molecule has 1 saturated heterocycles. The summed E-state index contributed by atoms with van der Waals surface area (Å²) < 4.78 is 21.5. The van der Waals surface area contributed by atoms with Gasteiger partial charge in [0.25, 0.3) is 0 Å². The standard InChI is InChI=1S/C12H21NO4/c1-14-11-8-12(17-10-11)9-16-7-4-13-2-5-15-6-3-13/h8,12H,2-7,9-10H2,1H3. The normalized spacial score (nSPS) is 25.9. The van der Waals surface area contributed by atoms with Crippen molar-refractivity contribution in [3.8, 4) is 0 Å². The van der Waals surface area contributed by atoms with Gasteiger partial charge in [-0.1, -0.05) is 0 Å². The Balaban J connectivity index is 1.53. The van der Waals surface area contributed by atoms with Crippen LogP contribution in [0.15, 0.2) is 11.8 Å². The van der Waals surface area contributed by atoms with Crippen LogP contribution in [0, 0.1) is 0 Å². The van der Waals surface area contributed by atoms with Crippen molar-refractivity contribution in [3.05, 3.63) is 11.8 Å². The molecule has 0 saturated carbocycles. The third-order valence-electron chi connectivity index (χ3n) is 3.01. The van der Waals surface area contributed by atoms with Crippen LogP contribution in [0.1, 0.15) is 0 Å². The molecule has 0 aromatic rings. The zero-order valence-corrected chi connectivity index (χ0v) is 10.4. The maximum Gasteiger partial charge on any atom is 0.120 e. The number of morpholine rings is 1. The van der Waals surface area contributed by atoms with E-state index in [9.17, 15) is 0 Å². The van der Waals surface area contributed by atoms with Crippen molar-refractivity contribution >= 4 is 0 Å². The second-order valence-corrected chi connectivity index (χ2v) is 4.22. The number of hydrogen-bond donors (Lipinski definition) is 0. The molecule has 0 bridgehead atoms. The molecule has 98 valence electrons.